The zero-order valence-electron chi connectivity index (χ0n) is 13.9. The van der Waals surface area contributed by atoms with Crippen molar-refractivity contribution in [2.75, 3.05) is 33.9 Å². The number of aromatic nitrogens is 1. The molecule has 0 saturated heterocycles. The average molecular weight is 348 g/mol. The number of nitrogens with zero attached hydrogens (tertiary/aromatic N) is 2. The van der Waals surface area contributed by atoms with Gasteiger partial charge in [-0.15, -0.1) is 11.3 Å². The molecular formula is C17H20N2O4S. The molecule has 0 atom stereocenters. The first-order valence-corrected chi connectivity index (χ1v) is 8.30. The number of thiazole rings is 1. The quantitative estimate of drug-likeness (QED) is 0.719. The molecule has 2 aromatic rings. The molecule has 0 aliphatic rings. The van der Waals surface area contributed by atoms with Crippen LogP contribution in [-0.2, 0) is 14.3 Å². The molecule has 0 fully saturated rings. The fourth-order valence-electron chi connectivity index (χ4n) is 2.10. The van der Waals surface area contributed by atoms with E-state index < -0.39 is 5.97 Å². The summed E-state index contributed by atoms with van der Waals surface area (Å²) in [6, 6.07) is 7.20. The van der Waals surface area contributed by atoms with Crippen molar-refractivity contribution in [3.05, 3.63) is 40.9 Å². The first-order valence-electron chi connectivity index (χ1n) is 7.42. The molecule has 0 saturated carbocycles. The highest BCUT2D eigenvalue weighted by atomic mass is 32.1. The maximum absolute atomic E-state index is 12.6. The van der Waals surface area contributed by atoms with Gasteiger partial charge >= 0.3 is 5.97 Å². The van der Waals surface area contributed by atoms with Crippen molar-refractivity contribution < 1.29 is 19.1 Å². The monoisotopic (exact) mass is 348 g/mol. The topological polar surface area (TPSA) is 68.7 Å². The fraction of sp³-hybridized carbons (Fsp3) is 0.353. The Kier molecular flexibility index (Phi) is 6.45. The van der Waals surface area contributed by atoms with E-state index >= 15 is 0 Å². The number of hydrogen-bond donors (Lipinski definition) is 0. The van der Waals surface area contributed by atoms with E-state index in [1.807, 2.05) is 24.4 Å². The van der Waals surface area contributed by atoms with Gasteiger partial charge in [0.25, 0.3) is 5.91 Å². The number of rotatable bonds is 7. The molecule has 1 aromatic carbocycles. The van der Waals surface area contributed by atoms with E-state index in [0.29, 0.717) is 18.7 Å². The second-order valence-corrected chi connectivity index (χ2v) is 6.03. The van der Waals surface area contributed by atoms with Crippen LogP contribution in [0.4, 0.5) is 0 Å². The molecule has 0 spiro atoms. The summed E-state index contributed by atoms with van der Waals surface area (Å²) in [4.78, 5) is 29.9. The van der Waals surface area contributed by atoms with Crippen LogP contribution in [0.25, 0.3) is 10.6 Å². The highest BCUT2D eigenvalue weighted by molar-refractivity contribution is 7.13. The second-order valence-electron chi connectivity index (χ2n) is 5.17. The number of aryl methyl sites for hydroxylation is 1. The van der Waals surface area contributed by atoms with Gasteiger partial charge in [-0.25, -0.2) is 4.98 Å². The lowest BCUT2D eigenvalue weighted by molar-refractivity contribution is -0.141. The van der Waals surface area contributed by atoms with Crippen LogP contribution in [0.3, 0.4) is 0 Å². The molecule has 1 heterocycles. The second kappa shape index (κ2) is 8.56. The Balaban J connectivity index is 2.14. The minimum atomic E-state index is -0.464. The Labute approximate surface area is 145 Å². The summed E-state index contributed by atoms with van der Waals surface area (Å²) in [6.07, 6.45) is 0. The van der Waals surface area contributed by atoms with Crippen molar-refractivity contribution in [2.45, 2.75) is 6.92 Å². The number of hydrogen-bond acceptors (Lipinski definition) is 6. The van der Waals surface area contributed by atoms with Crippen molar-refractivity contribution in [1.82, 2.24) is 9.88 Å². The van der Waals surface area contributed by atoms with Crippen molar-refractivity contribution in [3.8, 4) is 10.6 Å². The van der Waals surface area contributed by atoms with E-state index in [4.69, 9.17) is 4.74 Å². The van der Waals surface area contributed by atoms with E-state index in [-0.39, 0.29) is 12.5 Å². The van der Waals surface area contributed by atoms with Gasteiger partial charge in [0, 0.05) is 35.9 Å². The molecule has 1 amide bonds. The number of carbonyl (C=O) groups is 2. The van der Waals surface area contributed by atoms with E-state index in [2.05, 4.69) is 9.72 Å². The molecular weight excluding hydrogens is 328 g/mol. The Morgan fingerprint density at radius 1 is 1.21 bits per heavy atom. The van der Waals surface area contributed by atoms with Gasteiger partial charge in [-0.05, 0) is 19.1 Å². The largest absolute Gasteiger partial charge is 0.468 e. The highest BCUT2D eigenvalue weighted by Gasteiger charge is 2.19. The van der Waals surface area contributed by atoms with Crippen LogP contribution >= 0.6 is 11.3 Å². The van der Waals surface area contributed by atoms with Crippen LogP contribution in [0.5, 0.6) is 0 Å². The van der Waals surface area contributed by atoms with Gasteiger partial charge in [0.2, 0.25) is 0 Å². The Morgan fingerprint density at radius 3 is 2.46 bits per heavy atom. The minimum Gasteiger partial charge on any atom is -0.468 e. The third-order valence-electron chi connectivity index (χ3n) is 3.40. The van der Waals surface area contributed by atoms with Crippen LogP contribution in [0.15, 0.2) is 29.6 Å². The molecule has 0 aliphatic carbocycles. The summed E-state index contributed by atoms with van der Waals surface area (Å²) in [5.74, 6) is -0.700. The molecule has 0 radical (unpaired) electrons. The Morgan fingerprint density at radius 2 is 1.92 bits per heavy atom. The van der Waals surface area contributed by atoms with Gasteiger partial charge in [-0.3, -0.25) is 9.59 Å². The summed E-state index contributed by atoms with van der Waals surface area (Å²) < 4.78 is 9.65. The number of amides is 1. The van der Waals surface area contributed by atoms with Gasteiger partial charge in [0.1, 0.15) is 11.6 Å². The number of benzene rings is 1. The van der Waals surface area contributed by atoms with E-state index in [9.17, 15) is 9.59 Å². The Bertz CT molecular complexity index is 697. The molecule has 7 heteroatoms. The van der Waals surface area contributed by atoms with Gasteiger partial charge in [-0.2, -0.15) is 0 Å². The first-order chi connectivity index (χ1) is 11.5. The van der Waals surface area contributed by atoms with Crippen LogP contribution in [0.1, 0.15) is 16.1 Å². The van der Waals surface area contributed by atoms with Crippen molar-refractivity contribution in [2.24, 2.45) is 0 Å². The fourth-order valence-corrected chi connectivity index (χ4v) is 2.90. The lowest BCUT2D eigenvalue weighted by Gasteiger charge is -2.21. The normalized spacial score (nSPS) is 10.5. The SMILES string of the molecule is COCCN(CC(=O)OC)C(=O)c1ccc(-c2nc(C)cs2)cc1. The van der Waals surface area contributed by atoms with Gasteiger partial charge in [0.05, 0.1) is 13.7 Å². The molecule has 0 N–H and O–H groups in total. The van der Waals surface area contributed by atoms with Crippen LogP contribution in [-0.4, -0.2) is 55.7 Å². The zero-order valence-corrected chi connectivity index (χ0v) is 14.8. The molecule has 0 aliphatic heterocycles. The zero-order chi connectivity index (χ0) is 17.5. The maximum atomic E-state index is 12.6. The van der Waals surface area contributed by atoms with Gasteiger partial charge in [-0.1, -0.05) is 12.1 Å². The van der Waals surface area contributed by atoms with Crippen molar-refractivity contribution in [1.29, 1.82) is 0 Å². The number of carbonyl (C=O) groups excluding carboxylic acids is 2. The average Bonchev–Trinajstić information content (AvgIpc) is 3.04. The number of methoxy groups -OCH3 is 2. The summed E-state index contributed by atoms with van der Waals surface area (Å²) >= 11 is 1.56. The molecule has 128 valence electrons. The summed E-state index contributed by atoms with van der Waals surface area (Å²) in [6.45, 7) is 2.50. The third kappa shape index (κ3) is 4.62. The predicted octanol–water partition coefficient (Wildman–Crippen LogP) is 2.38. The highest BCUT2D eigenvalue weighted by Crippen LogP contribution is 2.24. The smallest absolute Gasteiger partial charge is 0.325 e. The van der Waals surface area contributed by atoms with Crippen molar-refractivity contribution in [3.63, 3.8) is 0 Å². The summed E-state index contributed by atoms with van der Waals surface area (Å²) in [7, 11) is 2.84. The summed E-state index contributed by atoms with van der Waals surface area (Å²) in [5.41, 5.74) is 2.44. The van der Waals surface area contributed by atoms with E-state index in [1.165, 1.54) is 12.0 Å². The van der Waals surface area contributed by atoms with E-state index in [0.717, 1.165) is 16.3 Å². The summed E-state index contributed by atoms with van der Waals surface area (Å²) in [5, 5.41) is 2.90. The number of esters is 1. The predicted molar refractivity (Wildman–Crippen MR) is 92.1 cm³/mol. The third-order valence-corrected chi connectivity index (χ3v) is 4.41. The van der Waals surface area contributed by atoms with Gasteiger partial charge in [0.15, 0.2) is 0 Å². The minimum absolute atomic E-state index is 0.105. The Hall–Kier alpha value is -2.25. The molecule has 24 heavy (non-hydrogen) atoms. The lowest BCUT2D eigenvalue weighted by Crippen LogP contribution is -2.38. The van der Waals surface area contributed by atoms with Crippen LogP contribution in [0.2, 0.25) is 0 Å². The van der Waals surface area contributed by atoms with Crippen molar-refractivity contribution >= 4 is 23.2 Å². The molecule has 6 nitrogen and oxygen atoms in total. The number of ether oxygens (including phenoxy) is 2. The first kappa shape index (κ1) is 18.1. The maximum Gasteiger partial charge on any atom is 0.325 e. The lowest BCUT2D eigenvalue weighted by atomic mass is 10.1. The van der Waals surface area contributed by atoms with Crippen LogP contribution in [0, 0.1) is 6.92 Å². The van der Waals surface area contributed by atoms with E-state index in [1.54, 1.807) is 30.6 Å². The van der Waals surface area contributed by atoms with Crippen LogP contribution < -0.4 is 0 Å². The molecule has 2 rings (SSSR count). The molecule has 0 bridgehead atoms. The molecule has 0 unspecified atom stereocenters. The van der Waals surface area contributed by atoms with Gasteiger partial charge < -0.3 is 14.4 Å². The standard InChI is InChI=1S/C17H20N2O4S/c1-12-11-24-16(18-12)13-4-6-14(7-5-13)17(21)19(8-9-22-2)10-15(20)23-3/h4-7,11H,8-10H2,1-3H3. The molecule has 1 aromatic heterocycles.